The van der Waals surface area contributed by atoms with Gasteiger partial charge in [0, 0.05) is 37.0 Å². The molecule has 148 valence electrons. The number of carbonyl (C=O) groups is 1. The first-order chi connectivity index (χ1) is 12.2. The van der Waals surface area contributed by atoms with E-state index in [1.807, 2.05) is 20.9 Å². The summed E-state index contributed by atoms with van der Waals surface area (Å²) in [7, 11) is 4.09. The zero-order valence-electron chi connectivity index (χ0n) is 16.5. The minimum absolute atomic E-state index is 0.0812. The Morgan fingerprint density at radius 1 is 1.27 bits per heavy atom. The molecule has 1 amide bonds. The lowest BCUT2D eigenvalue weighted by molar-refractivity contribution is -0.132. The van der Waals surface area contributed by atoms with Gasteiger partial charge < -0.3 is 20.2 Å². The van der Waals surface area contributed by atoms with E-state index in [-0.39, 0.29) is 17.7 Å². The summed E-state index contributed by atoms with van der Waals surface area (Å²) >= 11 is 0. The highest BCUT2D eigenvalue weighted by Gasteiger charge is 2.37. The van der Waals surface area contributed by atoms with Gasteiger partial charge in [0.1, 0.15) is 0 Å². The van der Waals surface area contributed by atoms with Gasteiger partial charge in [0.15, 0.2) is 5.88 Å². The Balaban J connectivity index is 1.93. The van der Waals surface area contributed by atoms with E-state index in [2.05, 4.69) is 22.2 Å². The van der Waals surface area contributed by atoms with Crippen molar-refractivity contribution in [2.75, 3.05) is 40.4 Å². The predicted molar refractivity (Wildman–Crippen MR) is 102 cm³/mol. The number of likely N-dealkylation sites (N-methyl/N-ethyl adjacent to an activating group) is 1. The molecule has 2 fully saturated rings. The Morgan fingerprint density at radius 3 is 2.42 bits per heavy atom. The third-order valence-corrected chi connectivity index (χ3v) is 5.87. The van der Waals surface area contributed by atoms with E-state index in [9.17, 15) is 9.90 Å². The summed E-state index contributed by atoms with van der Waals surface area (Å²) in [6.45, 7) is 7.08. The van der Waals surface area contributed by atoms with Gasteiger partial charge in [-0.2, -0.15) is 0 Å². The zero-order chi connectivity index (χ0) is 19.3. The molecule has 0 spiro atoms. The maximum Gasteiger partial charge on any atom is 0.246 e. The van der Waals surface area contributed by atoms with Crippen molar-refractivity contribution in [2.24, 2.45) is 5.92 Å². The Hall–Kier alpha value is -1.44. The summed E-state index contributed by atoms with van der Waals surface area (Å²) in [5.74, 6) is -0.429. The van der Waals surface area contributed by atoms with Crippen molar-refractivity contribution in [2.45, 2.75) is 51.1 Å². The van der Waals surface area contributed by atoms with Crippen LogP contribution in [0.5, 0.6) is 0 Å². The van der Waals surface area contributed by atoms with E-state index in [1.54, 1.807) is 0 Å². The number of hydrogen-bond acceptors (Lipinski definition) is 6. The van der Waals surface area contributed by atoms with E-state index < -0.39 is 5.54 Å². The molecular weight excluding hydrogens is 332 g/mol. The maximum atomic E-state index is 12.7. The minimum Gasteiger partial charge on any atom is -0.494 e. The number of aliphatic hydroxyl groups is 1. The van der Waals surface area contributed by atoms with Crippen molar-refractivity contribution in [3.05, 3.63) is 12.0 Å². The number of rotatable bonds is 6. The van der Waals surface area contributed by atoms with Crippen LogP contribution in [0.4, 0.5) is 0 Å². The molecule has 3 N–H and O–H groups in total. The molecule has 0 aliphatic carbocycles. The minimum atomic E-state index is -0.747. The summed E-state index contributed by atoms with van der Waals surface area (Å²) in [6, 6.07) is 0.346. The SMILES string of the molecule is CN1CCC(N(C)C(C)(C)C(=O)N/C(O)=C/C(=N)C2CCOCC2)CC1. The first-order valence-corrected chi connectivity index (χ1v) is 9.51. The Bertz CT molecular complexity index is 533. The van der Waals surface area contributed by atoms with Crippen molar-refractivity contribution >= 4 is 11.6 Å². The number of hydrogen-bond donors (Lipinski definition) is 3. The van der Waals surface area contributed by atoms with Crippen LogP contribution in [0.15, 0.2) is 12.0 Å². The van der Waals surface area contributed by atoms with Gasteiger partial charge in [0.05, 0.1) is 5.54 Å². The van der Waals surface area contributed by atoms with Crippen LogP contribution in [0, 0.1) is 11.3 Å². The predicted octanol–water partition coefficient (Wildman–Crippen LogP) is 1.75. The number of likely N-dealkylation sites (tertiary alicyclic amines) is 1. The van der Waals surface area contributed by atoms with Crippen LogP contribution in [0.25, 0.3) is 0 Å². The quantitative estimate of drug-likeness (QED) is 0.492. The summed E-state index contributed by atoms with van der Waals surface area (Å²) in [5.41, 5.74) is -0.406. The molecule has 2 aliphatic heterocycles. The lowest BCUT2D eigenvalue weighted by Crippen LogP contribution is -2.58. The van der Waals surface area contributed by atoms with E-state index in [4.69, 9.17) is 10.1 Å². The fourth-order valence-corrected chi connectivity index (χ4v) is 3.58. The number of ether oxygens (including phenoxy) is 1. The third-order valence-electron chi connectivity index (χ3n) is 5.87. The van der Waals surface area contributed by atoms with Gasteiger partial charge in [-0.25, -0.2) is 0 Å². The van der Waals surface area contributed by atoms with Crippen molar-refractivity contribution in [3.8, 4) is 0 Å². The summed E-state index contributed by atoms with van der Waals surface area (Å²) in [6.07, 6.45) is 4.97. The molecule has 2 saturated heterocycles. The fraction of sp³-hybridized carbons (Fsp3) is 0.789. The lowest BCUT2D eigenvalue weighted by Gasteiger charge is -2.43. The van der Waals surface area contributed by atoms with Crippen LogP contribution in [0.1, 0.15) is 39.5 Å². The summed E-state index contributed by atoms with van der Waals surface area (Å²) in [4.78, 5) is 17.1. The first-order valence-electron chi connectivity index (χ1n) is 9.51. The normalized spacial score (nSPS) is 21.8. The van der Waals surface area contributed by atoms with Crippen LogP contribution < -0.4 is 5.32 Å². The third kappa shape index (κ3) is 5.28. The van der Waals surface area contributed by atoms with Gasteiger partial charge in [0.25, 0.3) is 0 Å². The highest BCUT2D eigenvalue weighted by Crippen LogP contribution is 2.23. The van der Waals surface area contributed by atoms with Gasteiger partial charge in [-0.1, -0.05) is 0 Å². The van der Waals surface area contributed by atoms with Crippen LogP contribution in [0.2, 0.25) is 0 Å². The van der Waals surface area contributed by atoms with E-state index in [0.717, 1.165) is 38.8 Å². The molecule has 0 unspecified atom stereocenters. The molecule has 0 aromatic carbocycles. The number of nitrogens with one attached hydrogen (secondary N) is 2. The van der Waals surface area contributed by atoms with Crippen LogP contribution >= 0.6 is 0 Å². The number of nitrogens with zero attached hydrogens (tertiary/aromatic N) is 2. The second-order valence-electron chi connectivity index (χ2n) is 8.03. The van der Waals surface area contributed by atoms with Gasteiger partial charge in [0.2, 0.25) is 5.91 Å². The summed E-state index contributed by atoms with van der Waals surface area (Å²) in [5, 5.41) is 20.8. The number of allylic oxidation sites excluding steroid dienone is 1. The van der Waals surface area contributed by atoms with Crippen molar-refractivity contribution in [1.82, 2.24) is 15.1 Å². The van der Waals surface area contributed by atoms with E-state index in [0.29, 0.717) is 25.0 Å². The first kappa shape index (κ1) is 20.9. The van der Waals surface area contributed by atoms with Crippen molar-refractivity contribution in [1.29, 1.82) is 5.41 Å². The molecule has 0 aromatic heterocycles. The second-order valence-corrected chi connectivity index (χ2v) is 8.03. The molecule has 0 radical (unpaired) electrons. The maximum absolute atomic E-state index is 12.7. The molecule has 0 atom stereocenters. The second kappa shape index (κ2) is 8.97. The van der Waals surface area contributed by atoms with E-state index in [1.165, 1.54) is 6.08 Å². The molecule has 0 aromatic rings. The van der Waals surface area contributed by atoms with Crippen LogP contribution in [-0.4, -0.2) is 78.5 Å². The topological polar surface area (TPSA) is 88.9 Å². The molecule has 2 heterocycles. The van der Waals surface area contributed by atoms with Crippen molar-refractivity contribution < 1.29 is 14.6 Å². The molecule has 7 heteroatoms. The molecule has 26 heavy (non-hydrogen) atoms. The smallest absolute Gasteiger partial charge is 0.246 e. The number of piperidine rings is 1. The van der Waals surface area contributed by atoms with E-state index >= 15 is 0 Å². The highest BCUT2D eigenvalue weighted by molar-refractivity contribution is 5.95. The largest absolute Gasteiger partial charge is 0.494 e. The fourth-order valence-electron chi connectivity index (χ4n) is 3.58. The molecule has 2 aliphatic rings. The number of aliphatic hydroxyl groups excluding tert-OH is 1. The monoisotopic (exact) mass is 366 g/mol. The number of amides is 1. The number of carbonyl (C=O) groups excluding carboxylic acids is 1. The van der Waals surface area contributed by atoms with Crippen molar-refractivity contribution in [3.63, 3.8) is 0 Å². The molecular formula is C19H34N4O3. The zero-order valence-corrected chi connectivity index (χ0v) is 16.5. The highest BCUT2D eigenvalue weighted by atomic mass is 16.5. The van der Waals surface area contributed by atoms with Gasteiger partial charge in [-0.05, 0) is 66.7 Å². The van der Waals surface area contributed by atoms with Gasteiger partial charge in [-0.15, -0.1) is 0 Å². The molecule has 0 saturated carbocycles. The summed E-state index contributed by atoms with van der Waals surface area (Å²) < 4.78 is 5.30. The standard InChI is InChI=1S/C19H34N4O3/c1-19(2,23(4)15-5-9-22(3)10-6-15)18(25)21-17(24)13-16(20)14-7-11-26-12-8-14/h13-15,20,24H,5-12H2,1-4H3,(H,21,25)/b17-13-,20-16?. The Morgan fingerprint density at radius 2 is 1.85 bits per heavy atom. The van der Waals surface area contributed by atoms with Gasteiger partial charge in [-0.3, -0.25) is 15.0 Å². The Labute approximate surface area is 156 Å². The van der Waals surface area contributed by atoms with Gasteiger partial charge >= 0.3 is 0 Å². The Kier molecular flexibility index (Phi) is 7.20. The molecule has 7 nitrogen and oxygen atoms in total. The molecule has 2 rings (SSSR count). The van der Waals surface area contributed by atoms with Crippen LogP contribution in [0.3, 0.4) is 0 Å². The van der Waals surface area contributed by atoms with Crippen LogP contribution in [-0.2, 0) is 9.53 Å². The average Bonchev–Trinajstić information content (AvgIpc) is 2.62. The molecule has 0 bridgehead atoms. The average molecular weight is 367 g/mol. The lowest BCUT2D eigenvalue weighted by atomic mass is 9.94.